The van der Waals surface area contributed by atoms with Crippen LogP contribution in [0.25, 0.3) is 0 Å². The van der Waals surface area contributed by atoms with E-state index >= 15 is 0 Å². The average molecular weight is 273 g/mol. The van der Waals surface area contributed by atoms with Crippen LogP contribution in [-0.4, -0.2) is 5.97 Å². The molecule has 0 amide bonds. The fraction of sp³-hybridized carbons (Fsp3) is 0.188. The fourth-order valence-electron chi connectivity index (χ4n) is 1.89. The van der Waals surface area contributed by atoms with Crippen molar-refractivity contribution in [3.8, 4) is 0 Å². The SMILES string of the molecule is Cc1ccc(F)cc1COC(=O)c1cccc(N)c1C. The standard InChI is InChI=1S/C16H16FNO2/c1-10-6-7-13(17)8-12(10)9-20-16(19)14-4-3-5-15(18)11(14)2/h3-8H,9,18H2,1-2H3. The van der Waals surface area contributed by atoms with Gasteiger partial charge in [0.1, 0.15) is 12.4 Å². The second-order valence-electron chi connectivity index (χ2n) is 4.67. The molecule has 104 valence electrons. The van der Waals surface area contributed by atoms with Gasteiger partial charge in [0.15, 0.2) is 0 Å². The first-order valence-electron chi connectivity index (χ1n) is 6.26. The van der Waals surface area contributed by atoms with Crippen molar-refractivity contribution in [1.29, 1.82) is 0 Å². The second kappa shape index (κ2) is 5.74. The molecule has 0 bridgehead atoms. The summed E-state index contributed by atoms with van der Waals surface area (Å²) in [5.41, 5.74) is 8.94. The van der Waals surface area contributed by atoms with Crippen LogP contribution in [0.3, 0.4) is 0 Å². The first-order chi connectivity index (χ1) is 9.49. The van der Waals surface area contributed by atoms with Crippen LogP contribution < -0.4 is 5.73 Å². The zero-order chi connectivity index (χ0) is 14.7. The van der Waals surface area contributed by atoms with Crippen molar-refractivity contribution < 1.29 is 13.9 Å². The molecule has 2 N–H and O–H groups in total. The van der Waals surface area contributed by atoms with Crippen molar-refractivity contribution in [2.75, 3.05) is 5.73 Å². The normalized spacial score (nSPS) is 10.3. The number of rotatable bonds is 3. The Morgan fingerprint density at radius 2 is 2.00 bits per heavy atom. The Hall–Kier alpha value is -2.36. The minimum absolute atomic E-state index is 0.0384. The first-order valence-corrected chi connectivity index (χ1v) is 6.26. The zero-order valence-electron chi connectivity index (χ0n) is 11.4. The molecule has 4 heteroatoms. The number of halogens is 1. The average Bonchev–Trinajstić information content (AvgIpc) is 2.42. The van der Waals surface area contributed by atoms with E-state index in [4.69, 9.17) is 10.5 Å². The summed E-state index contributed by atoms with van der Waals surface area (Å²) in [7, 11) is 0. The lowest BCUT2D eigenvalue weighted by molar-refractivity contribution is 0.0471. The maximum absolute atomic E-state index is 13.2. The van der Waals surface area contributed by atoms with Gasteiger partial charge in [-0.15, -0.1) is 0 Å². The minimum atomic E-state index is -0.460. The van der Waals surface area contributed by atoms with E-state index in [1.165, 1.54) is 12.1 Å². The number of aryl methyl sites for hydroxylation is 1. The van der Waals surface area contributed by atoms with Crippen LogP contribution in [0.15, 0.2) is 36.4 Å². The van der Waals surface area contributed by atoms with Gasteiger partial charge in [-0.3, -0.25) is 0 Å². The highest BCUT2D eigenvalue weighted by molar-refractivity contribution is 5.92. The highest BCUT2D eigenvalue weighted by Gasteiger charge is 2.12. The number of esters is 1. The number of nitrogens with two attached hydrogens (primary N) is 1. The van der Waals surface area contributed by atoms with Crippen LogP contribution in [-0.2, 0) is 11.3 Å². The number of benzene rings is 2. The van der Waals surface area contributed by atoms with Gasteiger partial charge in [-0.25, -0.2) is 9.18 Å². The summed E-state index contributed by atoms with van der Waals surface area (Å²) >= 11 is 0. The molecule has 2 aromatic rings. The third kappa shape index (κ3) is 2.96. The van der Waals surface area contributed by atoms with E-state index in [2.05, 4.69) is 0 Å². The summed E-state index contributed by atoms with van der Waals surface area (Å²) in [5.74, 6) is -0.805. The Bertz CT molecular complexity index is 653. The lowest BCUT2D eigenvalue weighted by atomic mass is 10.1. The molecule has 2 aromatic carbocycles. The summed E-state index contributed by atoms with van der Waals surface area (Å²) in [6.07, 6.45) is 0. The van der Waals surface area contributed by atoms with Crippen molar-refractivity contribution in [3.05, 3.63) is 64.5 Å². The molecule has 0 aromatic heterocycles. The summed E-state index contributed by atoms with van der Waals surface area (Å²) in [4.78, 5) is 12.0. The van der Waals surface area contributed by atoms with E-state index in [1.807, 2.05) is 6.92 Å². The summed E-state index contributed by atoms with van der Waals surface area (Å²) in [5, 5.41) is 0. The molecule has 0 saturated carbocycles. The van der Waals surface area contributed by atoms with Crippen LogP contribution in [0.4, 0.5) is 10.1 Å². The predicted molar refractivity (Wildman–Crippen MR) is 75.8 cm³/mol. The van der Waals surface area contributed by atoms with Crippen LogP contribution in [0.2, 0.25) is 0 Å². The lowest BCUT2D eigenvalue weighted by Crippen LogP contribution is -2.09. The van der Waals surface area contributed by atoms with Gasteiger partial charge in [0.05, 0.1) is 5.56 Å². The van der Waals surface area contributed by atoms with E-state index < -0.39 is 5.97 Å². The van der Waals surface area contributed by atoms with Gasteiger partial charge in [-0.2, -0.15) is 0 Å². The summed E-state index contributed by atoms with van der Waals surface area (Å²) in [6, 6.07) is 9.49. The lowest BCUT2D eigenvalue weighted by Gasteiger charge is -2.10. The van der Waals surface area contributed by atoms with Gasteiger partial charge in [0.2, 0.25) is 0 Å². The number of nitrogen functional groups attached to an aromatic ring is 1. The van der Waals surface area contributed by atoms with Crippen LogP contribution in [0.5, 0.6) is 0 Å². The van der Waals surface area contributed by atoms with Crippen LogP contribution in [0.1, 0.15) is 27.0 Å². The minimum Gasteiger partial charge on any atom is -0.457 e. The largest absolute Gasteiger partial charge is 0.457 e. The predicted octanol–water partition coefficient (Wildman–Crippen LogP) is 3.38. The topological polar surface area (TPSA) is 52.3 Å². The Kier molecular flexibility index (Phi) is 4.03. The number of hydrogen-bond donors (Lipinski definition) is 1. The Morgan fingerprint density at radius 3 is 2.75 bits per heavy atom. The highest BCUT2D eigenvalue weighted by Crippen LogP contribution is 2.18. The van der Waals surface area contributed by atoms with Gasteiger partial charge in [0, 0.05) is 5.69 Å². The van der Waals surface area contributed by atoms with E-state index in [0.29, 0.717) is 22.4 Å². The number of carbonyl (C=O) groups is 1. The van der Waals surface area contributed by atoms with Gasteiger partial charge < -0.3 is 10.5 Å². The zero-order valence-corrected chi connectivity index (χ0v) is 11.4. The molecule has 0 aliphatic heterocycles. The Morgan fingerprint density at radius 1 is 1.25 bits per heavy atom. The van der Waals surface area contributed by atoms with Gasteiger partial charge >= 0.3 is 5.97 Å². The molecule has 2 rings (SSSR count). The van der Waals surface area contributed by atoms with Gasteiger partial charge in [-0.05, 0) is 54.8 Å². The molecule has 0 atom stereocenters. The second-order valence-corrected chi connectivity index (χ2v) is 4.67. The van der Waals surface area contributed by atoms with Crippen LogP contribution in [0, 0.1) is 19.7 Å². The first kappa shape index (κ1) is 14.1. The molecule has 3 nitrogen and oxygen atoms in total. The maximum atomic E-state index is 13.2. The van der Waals surface area contributed by atoms with Crippen molar-refractivity contribution >= 4 is 11.7 Å². The molecule has 0 aliphatic carbocycles. The number of ether oxygens (including phenoxy) is 1. The molecule has 0 fully saturated rings. The highest BCUT2D eigenvalue weighted by atomic mass is 19.1. The van der Waals surface area contributed by atoms with Crippen LogP contribution >= 0.6 is 0 Å². The van der Waals surface area contributed by atoms with Crippen molar-refractivity contribution in [2.45, 2.75) is 20.5 Å². The number of carbonyl (C=O) groups excluding carboxylic acids is 1. The monoisotopic (exact) mass is 273 g/mol. The fourth-order valence-corrected chi connectivity index (χ4v) is 1.89. The number of anilines is 1. The van der Waals surface area contributed by atoms with Gasteiger partial charge in [0.25, 0.3) is 0 Å². The summed E-state index contributed by atoms with van der Waals surface area (Å²) in [6.45, 7) is 3.64. The third-order valence-corrected chi connectivity index (χ3v) is 3.27. The maximum Gasteiger partial charge on any atom is 0.338 e. The van der Waals surface area contributed by atoms with Crippen molar-refractivity contribution in [3.63, 3.8) is 0 Å². The Labute approximate surface area is 117 Å². The summed E-state index contributed by atoms with van der Waals surface area (Å²) < 4.78 is 18.4. The molecular weight excluding hydrogens is 257 g/mol. The van der Waals surface area contributed by atoms with E-state index in [0.717, 1.165) is 5.56 Å². The molecular formula is C16H16FNO2. The molecule has 20 heavy (non-hydrogen) atoms. The molecule has 0 spiro atoms. The number of hydrogen-bond acceptors (Lipinski definition) is 3. The molecule has 0 unspecified atom stereocenters. The van der Waals surface area contributed by atoms with E-state index in [9.17, 15) is 9.18 Å². The van der Waals surface area contributed by atoms with Crippen molar-refractivity contribution in [1.82, 2.24) is 0 Å². The molecule has 0 heterocycles. The van der Waals surface area contributed by atoms with E-state index in [-0.39, 0.29) is 12.4 Å². The smallest absolute Gasteiger partial charge is 0.338 e. The van der Waals surface area contributed by atoms with Gasteiger partial charge in [-0.1, -0.05) is 12.1 Å². The molecule has 0 aliphatic rings. The molecule has 0 radical (unpaired) electrons. The Balaban J connectivity index is 2.13. The quantitative estimate of drug-likeness (QED) is 0.689. The molecule has 0 saturated heterocycles. The van der Waals surface area contributed by atoms with Crippen molar-refractivity contribution in [2.24, 2.45) is 0 Å². The van der Waals surface area contributed by atoms with E-state index in [1.54, 1.807) is 31.2 Å². The third-order valence-electron chi connectivity index (χ3n) is 3.27.